The van der Waals surface area contributed by atoms with E-state index in [2.05, 4.69) is 17.0 Å². The Kier molecular flexibility index (Phi) is 8.28. The fourth-order valence-electron chi connectivity index (χ4n) is 0.937. The lowest BCUT2D eigenvalue weighted by Crippen LogP contribution is -2.45. The van der Waals surface area contributed by atoms with Crippen LogP contribution in [0.15, 0.2) is 0 Å². The zero-order valence-corrected chi connectivity index (χ0v) is 11.5. The molecule has 0 aromatic carbocycles. The Hall–Kier alpha value is 0.1000. The third-order valence-corrected chi connectivity index (χ3v) is 2.36. The Bertz CT molecular complexity index is 209. The van der Waals surface area contributed by atoms with E-state index in [0.29, 0.717) is 6.61 Å². The van der Waals surface area contributed by atoms with Crippen LogP contribution < -0.4 is 5.32 Å². The van der Waals surface area contributed by atoms with Crippen molar-refractivity contribution in [1.29, 1.82) is 0 Å². The summed E-state index contributed by atoms with van der Waals surface area (Å²) in [6, 6.07) is 0. The maximum atomic E-state index is 11.0. The molecule has 0 heterocycles. The molecule has 16 heavy (non-hydrogen) atoms. The molecule has 1 amide bonds. The van der Waals surface area contributed by atoms with Crippen molar-refractivity contribution >= 4 is 40.9 Å². The summed E-state index contributed by atoms with van der Waals surface area (Å²) in [6.45, 7) is 2.48. The number of hydrogen-bond acceptors (Lipinski definition) is 3. The normalized spacial score (nSPS) is 13.3. The van der Waals surface area contributed by atoms with E-state index >= 15 is 0 Å². The van der Waals surface area contributed by atoms with E-state index in [1.165, 1.54) is 7.11 Å². The van der Waals surface area contributed by atoms with Crippen molar-refractivity contribution < 1.29 is 14.3 Å². The highest BCUT2D eigenvalue weighted by Crippen LogP contribution is 2.31. The second-order valence-electron chi connectivity index (χ2n) is 3.14. The molecule has 0 radical (unpaired) electrons. The zero-order valence-electron chi connectivity index (χ0n) is 9.26. The molecule has 0 saturated carbocycles. The van der Waals surface area contributed by atoms with Crippen LogP contribution in [0.3, 0.4) is 0 Å². The Morgan fingerprint density at radius 1 is 1.38 bits per heavy atom. The SMILES string of the molecule is CCCCCO[C@@H](NC(=O)OC)C(Cl)(Cl)Cl. The van der Waals surface area contributed by atoms with Gasteiger partial charge in [-0.3, -0.25) is 5.32 Å². The summed E-state index contributed by atoms with van der Waals surface area (Å²) in [5.74, 6) is 0. The summed E-state index contributed by atoms with van der Waals surface area (Å²) in [5.41, 5.74) is 0. The highest BCUT2D eigenvalue weighted by atomic mass is 35.6. The minimum Gasteiger partial charge on any atom is -0.453 e. The predicted molar refractivity (Wildman–Crippen MR) is 65.1 cm³/mol. The number of carbonyl (C=O) groups excluding carboxylic acids is 1. The Morgan fingerprint density at radius 3 is 2.44 bits per heavy atom. The largest absolute Gasteiger partial charge is 0.453 e. The summed E-state index contributed by atoms with van der Waals surface area (Å²) < 4.78 is 7.95. The molecule has 4 nitrogen and oxygen atoms in total. The van der Waals surface area contributed by atoms with E-state index < -0.39 is 16.1 Å². The minimum atomic E-state index is -1.72. The molecule has 96 valence electrons. The first-order chi connectivity index (χ1) is 7.41. The molecule has 0 bridgehead atoms. The number of nitrogens with one attached hydrogen (secondary N) is 1. The van der Waals surface area contributed by atoms with Gasteiger partial charge in [0, 0.05) is 6.61 Å². The van der Waals surface area contributed by atoms with Gasteiger partial charge in [-0.1, -0.05) is 54.6 Å². The first-order valence-corrected chi connectivity index (χ1v) is 6.08. The molecular weight excluding hydrogens is 276 g/mol. The standard InChI is InChI=1S/C9H16Cl3NO3/c1-3-4-5-6-16-7(9(10,11)12)13-8(14)15-2/h7H,3-6H2,1-2H3,(H,13,14)/t7-/m1/s1. The molecule has 1 N–H and O–H groups in total. The molecule has 0 aliphatic heterocycles. The Morgan fingerprint density at radius 2 is 2.00 bits per heavy atom. The third kappa shape index (κ3) is 7.39. The Labute approximate surface area is 111 Å². The van der Waals surface area contributed by atoms with E-state index in [4.69, 9.17) is 39.5 Å². The van der Waals surface area contributed by atoms with Crippen molar-refractivity contribution in [3.05, 3.63) is 0 Å². The second kappa shape index (κ2) is 8.23. The number of halogens is 3. The van der Waals surface area contributed by atoms with Gasteiger partial charge in [-0.2, -0.15) is 0 Å². The van der Waals surface area contributed by atoms with E-state index in [1.807, 2.05) is 0 Å². The van der Waals surface area contributed by atoms with Crippen molar-refractivity contribution in [3.8, 4) is 0 Å². The van der Waals surface area contributed by atoms with Crippen molar-refractivity contribution in [3.63, 3.8) is 0 Å². The molecule has 1 atom stereocenters. The van der Waals surface area contributed by atoms with Gasteiger partial charge < -0.3 is 9.47 Å². The monoisotopic (exact) mass is 291 g/mol. The molecule has 0 aromatic heterocycles. The minimum absolute atomic E-state index is 0.413. The first-order valence-electron chi connectivity index (χ1n) is 4.94. The fourth-order valence-corrected chi connectivity index (χ4v) is 1.29. The lowest BCUT2D eigenvalue weighted by molar-refractivity contribution is 0.0292. The number of carbonyl (C=O) groups is 1. The van der Waals surface area contributed by atoms with Crippen molar-refractivity contribution in [1.82, 2.24) is 5.32 Å². The van der Waals surface area contributed by atoms with E-state index in [0.717, 1.165) is 19.3 Å². The number of unbranched alkanes of at least 4 members (excludes halogenated alkanes) is 2. The van der Waals surface area contributed by atoms with Crippen LogP contribution in [-0.4, -0.2) is 29.8 Å². The van der Waals surface area contributed by atoms with Crippen LogP contribution in [0, 0.1) is 0 Å². The van der Waals surface area contributed by atoms with Gasteiger partial charge >= 0.3 is 6.09 Å². The number of hydrogen-bond donors (Lipinski definition) is 1. The molecule has 7 heteroatoms. The van der Waals surface area contributed by atoms with Crippen LogP contribution >= 0.6 is 34.8 Å². The molecule has 0 rings (SSSR count). The number of amides is 1. The predicted octanol–water partition coefficient (Wildman–Crippen LogP) is 3.25. The Balaban J connectivity index is 4.07. The van der Waals surface area contributed by atoms with Crippen LogP contribution in [0.4, 0.5) is 4.79 Å². The van der Waals surface area contributed by atoms with Gasteiger partial charge in [0.05, 0.1) is 7.11 Å². The number of ether oxygens (including phenoxy) is 2. The van der Waals surface area contributed by atoms with Crippen LogP contribution in [0.5, 0.6) is 0 Å². The number of alkyl halides is 3. The van der Waals surface area contributed by atoms with Crippen molar-refractivity contribution in [2.75, 3.05) is 13.7 Å². The van der Waals surface area contributed by atoms with Gasteiger partial charge in [0.25, 0.3) is 0 Å². The summed E-state index contributed by atoms with van der Waals surface area (Å²) in [7, 11) is 1.22. The molecule has 0 unspecified atom stereocenters. The third-order valence-electron chi connectivity index (χ3n) is 1.76. The zero-order chi connectivity index (χ0) is 12.6. The van der Waals surface area contributed by atoms with Gasteiger partial charge in [0.2, 0.25) is 3.79 Å². The number of methoxy groups -OCH3 is 1. The van der Waals surface area contributed by atoms with Crippen LogP contribution in [-0.2, 0) is 9.47 Å². The van der Waals surface area contributed by atoms with E-state index in [1.54, 1.807) is 0 Å². The second-order valence-corrected chi connectivity index (χ2v) is 5.50. The molecule has 0 aliphatic carbocycles. The van der Waals surface area contributed by atoms with Crippen LogP contribution in [0.2, 0.25) is 0 Å². The summed E-state index contributed by atoms with van der Waals surface area (Å²) in [5, 5.41) is 2.30. The highest BCUT2D eigenvalue weighted by molar-refractivity contribution is 6.68. The van der Waals surface area contributed by atoms with Gasteiger partial charge in [-0.15, -0.1) is 0 Å². The van der Waals surface area contributed by atoms with Crippen LogP contribution in [0.1, 0.15) is 26.2 Å². The molecule has 0 aliphatic rings. The van der Waals surface area contributed by atoms with Gasteiger partial charge in [0.1, 0.15) is 0 Å². The summed E-state index contributed by atoms with van der Waals surface area (Å²) in [6.07, 6.45) is 1.21. The first kappa shape index (κ1) is 16.1. The summed E-state index contributed by atoms with van der Waals surface area (Å²) in [4.78, 5) is 11.0. The molecule has 0 saturated heterocycles. The smallest absolute Gasteiger partial charge is 0.409 e. The van der Waals surface area contributed by atoms with E-state index in [9.17, 15) is 4.79 Å². The summed E-state index contributed by atoms with van der Waals surface area (Å²) >= 11 is 16.9. The lowest BCUT2D eigenvalue weighted by atomic mass is 10.3. The fraction of sp³-hybridized carbons (Fsp3) is 0.889. The maximum absolute atomic E-state index is 11.0. The maximum Gasteiger partial charge on any atom is 0.409 e. The van der Waals surface area contributed by atoms with Crippen LogP contribution in [0.25, 0.3) is 0 Å². The number of alkyl carbamates (subject to hydrolysis) is 1. The van der Waals surface area contributed by atoms with E-state index in [-0.39, 0.29) is 0 Å². The van der Waals surface area contributed by atoms with Gasteiger partial charge in [0.15, 0.2) is 6.23 Å². The van der Waals surface area contributed by atoms with Crippen molar-refractivity contribution in [2.45, 2.75) is 36.2 Å². The average Bonchev–Trinajstić information content (AvgIpc) is 2.20. The van der Waals surface area contributed by atoms with Gasteiger partial charge in [-0.05, 0) is 6.42 Å². The quantitative estimate of drug-likeness (QED) is 0.464. The molecule has 0 aromatic rings. The molecular formula is C9H16Cl3NO3. The molecule has 0 fully saturated rings. The number of rotatable bonds is 6. The average molecular weight is 293 g/mol. The van der Waals surface area contributed by atoms with Crippen molar-refractivity contribution in [2.24, 2.45) is 0 Å². The molecule has 0 spiro atoms. The van der Waals surface area contributed by atoms with Gasteiger partial charge in [-0.25, -0.2) is 4.79 Å². The highest BCUT2D eigenvalue weighted by Gasteiger charge is 2.35. The topological polar surface area (TPSA) is 47.6 Å². The lowest BCUT2D eigenvalue weighted by Gasteiger charge is -2.24.